The second-order valence-corrected chi connectivity index (χ2v) is 5.16. The van der Waals surface area contributed by atoms with Crippen molar-refractivity contribution in [2.24, 2.45) is 0 Å². The van der Waals surface area contributed by atoms with Crippen LogP contribution in [0.1, 0.15) is 46.0 Å². The summed E-state index contributed by atoms with van der Waals surface area (Å²) >= 11 is 0. The number of amides is 1. The number of aromatic amines is 1. The zero-order chi connectivity index (χ0) is 15.9. The van der Waals surface area contributed by atoms with Gasteiger partial charge in [-0.3, -0.25) is 9.59 Å². The Morgan fingerprint density at radius 3 is 2.41 bits per heavy atom. The van der Waals surface area contributed by atoms with E-state index in [2.05, 4.69) is 10.3 Å². The van der Waals surface area contributed by atoms with Gasteiger partial charge in [0.1, 0.15) is 0 Å². The Balaban J connectivity index is 1.96. The molecule has 2 rings (SSSR count). The number of hydrogen-bond donors (Lipinski definition) is 3. The summed E-state index contributed by atoms with van der Waals surface area (Å²) in [6.07, 6.45) is 4.33. The Morgan fingerprint density at radius 2 is 1.82 bits per heavy atom. The first-order chi connectivity index (χ1) is 10.6. The van der Waals surface area contributed by atoms with E-state index in [9.17, 15) is 14.7 Å². The van der Waals surface area contributed by atoms with Gasteiger partial charge >= 0.3 is 0 Å². The molecule has 116 valence electrons. The maximum absolute atomic E-state index is 12.1. The number of H-pyrrole nitrogens is 1. The van der Waals surface area contributed by atoms with Crippen LogP contribution in [0.25, 0.3) is 0 Å². The number of hydrogen-bond acceptors (Lipinski definition) is 3. The van der Waals surface area contributed by atoms with Crippen LogP contribution in [0.5, 0.6) is 0 Å². The van der Waals surface area contributed by atoms with Crippen molar-refractivity contribution in [3.05, 3.63) is 59.4 Å². The van der Waals surface area contributed by atoms with E-state index in [4.69, 9.17) is 0 Å². The summed E-state index contributed by atoms with van der Waals surface area (Å²) in [7, 11) is 0. The second-order valence-electron chi connectivity index (χ2n) is 5.16. The van der Waals surface area contributed by atoms with Gasteiger partial charge in [-0.05, 0) is 24.6 Å². The van der Waals surface area contributed by atoms with Crippen molar-refractivity contribution in [3.63, 3.8) is 0 Å². The van der Waals surface area contributed by atoms with Gasteiger partial charge in [-0.25, -0.2) is 0 Å². The molecule has 0 aliphatic carbocycles. The topological polar surface area (TPSA) is 82.2 Å². The molecule has 0 radical (unpaired) electrons. The van der Waals surface area contributed by atoms with Crippen LogP contribution < -0.4 is 5.32 Å². The fourth-order valence-corrected chi connectivity index (χ4v) is 2.15. The maximum Gasteiger partial charge on any atom is 0.251 e. The number of carbonyl (C=O) groups excluding carboxylic acids is 2. The molecular formula is C17H20N2O3. The van der Waals surface area contributed by atoms with Gasteiger partial charge in [0.25, 0.3) is 5.91 Å². The maximum atomic E-state index is 12.1. The minimum atomic E-state index is -0.525. The van der Waals surface area contributed by atoms with Gasteiger partial charge in [-0.1, -0.05) is 25.5 Å². The lowest BCUT2D eigenvalue weighted by molar-refractivity contribution is 0.0909. The molecule has 2 aromatic rings. The number of aromatic nitrogens is 1. The Kier molecular flexibility index (Phi) is 5.49. The first-order valence-electron chi connectivity index (χ1n) is 7.35. The largest absolute Gasteiger partial charge is 0.391 e. The van der Waals surface area contributed by atoms with Crippen molar-refractivity contribution in [2.45, 2.75) is 25.9 Å². The molecule has 1 heterocycles. The molecule has 0 aliphatic heterocycles. The zero-order valence-electron chi connectivity index (χ0n) is 12.5. The first kappa shape index (κ1) is 16.0. The molecule has 1 atom stereocenters. The predicted octanol–water partition coefficient (Wildman–Crippen LogP) is 2.14. The molecule has 0 spiro atoms. The summed E-state index contributed by atoms with van der Waals surface area (Å²) in [4.78, 5) is 26.9. The number of aliphatic hydroxyl groups is 1. The third-order valence-electron chi connectivity index (χ3n) is 3.39. The number of ketones is 1. The summed E-state index contributed by atoms with van der Waals surface area (Å²) in [6.45, 7) is 2.21. The lowest BCUT2D eigenvalue weighted by Crippen LogP contribution is -2.32. The monoisotopic (exact) mass is 300 g/mol. The Labute approximate surface area is 129 Å². The SMILES string of the molecule is CCCC(O)CNC(=O)c1ccc(C(=O)c2cc[nH]c2)cc1. The highest BCUT2D eigenvalue weighted by molar-refractivity contribution is 6.09. The highest BCUT2D eigenvalue weighted by Gasteiger charge is 2.12. The van der Waals surface area contributed by atoms with E-state index in [0.717, 1.165) is 6.42 Å². The summed E-state index contributed by atoms with van der Waals surface area (Å²) < 4.78 is 0. The summed E-state index contributed by atoms with van der Waals surface area (Å²) in [5.41, 5.74) is 1.58. The normalized spacial score (nSPS) is 11.9. The number of benzene rings is 1. The van der Waals surface area contributed by atoms with Crippen LogP contribution in [0.3, 0.4) is 0 Å². The Morgan fingerprint density at radius 1 is 1.14 bits per heavy atom. The number of rotatable bonds is 7. The van der Waals surface area contributed by atoms with Gasteiger partial charge < -0.3 is 15.4 Å². The summed E-state index contributed by atoms with van der Waals surface area (Å²) in [5.74, 6) is -0.345. The van der Waals surface area contributed by atoms with Crippen molar-refractivity contribution in [2.75, 3.05) is 6.54 Å². The van der Waals surface area contributed by atoms with Crippen LogP contribution >= 0.6 is 0 Å². The smallest absolute Gasteiger partial charge is 0.251 e. The molecule has 22 heavy (non-hydrogen) atoms. The predicted molar refractivity (Wildman–Crippen MR) is 83.9 cm³/mol. The van der Waals surface area contributed by atoms with Gasteiger partial charge in [0.15, 0.2) is 5.78 Å². The van der Waals surface area contributed by atoms with Crippen molar-refractivity contribution >= 4 is 11.7 Å². The zero-order valence-corrected chi connectivity index (χ0v) is 12.5. The van der Waals surface area contributed by atoms with Crippen LogP contribution in [0.4, 0.5) is 0 Å². The molecule has 0 saturated carbocycles. The number of aliphatic hydroxyl groups excluding tert-OH is 1. The molecule has 1 aromatic carbocycles. The summed E-state index contributed by atoms with van der Waals surface area (Å²) in [5, 5.41) is 12.3. The van der Waals surface area contributed by atoms with E-state index in [0.29, 0.717) is 23.1 Å². The van der Waals surface area contributed by atoms with Gasteiger partial charge in [-0.15, -0.1) is 0 Å². The van der Waals surface area contributed by atoms with E-state index in [1.165, 1.54) is 0 Å². The molecule has 0 fully saturated rings. The standard InChI is InChI=1S/C17H20N2O3/c1-2-3-15(20)11-19-17(22)13-6-4-12(5-7-13)16(21)14-8-9-18-10-14/h4-10,15,18,20H,2-3,11H2,1H3,(H,19,22). The van der Waals surface area contributed by atoms with Crippen LogP contribution in [-0.4, -0.2) is 34.4 Å². The van der Waals surface area contributed by atoms with Crippen LogP contribution in [0.2, 0.25) is 0 Å². The average Bonchev–Trinajstić information content (AvgIpc) is 3.07. The minimum Gasteiger partial charge on any atom is -0.391 e. The quantitative estimate of drug-likeness (QED) is 0.685. The van der Waals surface area contributed by atoms with E-state index < -0.39 is 6.10 Å². The van der Waals surface area contributed by atoms with E-state index >= 15 is 0 Å². The fraction of sp³-hybridized carbons (Fsp3) is 0.294. The molecule has 0 saturated heterocycles. The van der Waals surface area contributed by atoms with Crippen LogP contribution in [-0.2, 0) is 0 Å². The van der Waals surface area contributed by atoms with E-state index in [-0.39, 0.29) is 18.2 Å². The fourth-order valence-electron chi connectivity index (χ4n) is 2.15. The molecule has 1 unspecified atom stereocenters. The molecule has 0 bridgehead atoms. The molecular weight excluding hydrogens is 280 g/mol. The lowest BCUT2D eigenvalue weighted by atomic mass is 10.0. The molecule has 5 heteroatoms. The Hall–Kier alpha value is -2.40. The van der Waals surface area contributed by atoms with Crippen LogP contribution in [0, 0.1) is 0 Å². The van der Waals surface area contributed by atoms with Crippen LogP contribution in [0.15, 0.2) is 42.7 Å². The molecule has 1 aromatic heterocycles. The first-order valence-corrected chi connectivity index (χ1v) is 7.35. The highest BCUT2D eigenvalue weighted by atomic mass is 16.3. The third-order valence-corrected chi connectivity index (χ3v) is 3.39. The number of carbonyl (C=O) groups is 2. The molecule has 5 nitrogen and oxygen atoms in total. The van der Waals surface area contributed by atoms with Crippen molar-refractivity contribution < 1.29 is 14.7 Å². The van der Waals surface area contributed by atoms with Gasteiger partial charge in [0, 0.05) is 35.6 Å². The average molecular weight is 300 g/mol. The van der Waals surface area contributed by atoms with Gasteiger partial charge in [-0.2, -0.15) is 0 Å². The molecule has 1 amide bonds. The van der Waals surface area contributed by atoms with Gasteiger partial charge in [0.2, 0.25) is 0 Å². The third kappa shape index (κ3) is 4.05. The van der Waals surface area contributed by atoms with Crippen molar-refractivity contribution in [1.82, 2.24) is 10.3 Å². The van der Waals surface area contributed by atoms with E-state index in [1.54, 1.807) is 42.7 Å². The van der Waals surface area contributed by atoms with Crippen molar-refractivity contribution in [3.8, 4) is 0 Å². The molecule has 3 N–H and O–H groups in total. The minimum absolute atomic E-state index is 0.0911. The van der Waals surface area contributed by atoms with Gasteiger partial charge in [0.05, 0.1) is 6.10 Å². The lowest BCUT2D eigenvalue weighted by Gasteiger charge is -2.10. The van der Waals surface area contributed by atoms with Crippen molar-refractivity contribution in [1.29, 1.82) is 0 Å². The Bertz CT molecular complexity index is 618. The number of nitrogens with one attached hydrogen (secondary N) is 2. The highest BCUT2D eigenvalue weighted by Crippen LogP contribution is 2.11. The second kappa shape index (κ2) is 7.56. The molecule has 0 aliphatic rings. The summed E-state index contributed by atoms with van der Waals surface area (Å²) in [6, 6.07) is 8.19. The van der Waals surface area contributed by atoms with E-state index in [1.807, 2.05) is 6.92 Å².